The number of ether oxygens (including phenoxy) is 4. The molecule has 0 fully saturated rings. The number of carbonyl (C=O) groups is 4. The van der Waals surface area contributed by atoms with Crippen molar-refractivity contribution in [3.05, 3.63) is 0 Å². The molecule has 0 aliphatic heterocycles. The molecule has 0 aromatic rings. The molecule has 0 heterocycles. The SMILES string of the molecule is CCCCCCCCCCCCCCCCCCCCC(=O)O[C@H](COC(=O)CCCCCCCCCCCCCCCCC(C)C)COP(=O)(O)OC[C@@H](O)COP(=O)(O)OC[C@@H](COC(=O)CCCCCCCCC)OC(=O)CCCCCCCCCCC(C)CC. The standard InChI is InChI=1S/C75H146O17P2/c1-7-10-12-14-16-17-18-19-20-21-22-23-28-31-34-41-47-53-59-74(79)91-71(64-86-73(78)58-52-46-40-33-30-27-25-24-26-29-32-38-43-49-55-67(4)5)66-90-94(83,84)88-62-69(76)61-87-93(81,82)89-65-70(63-85-72(77)57-51-45-37-15-13-11-8-2)92-75(80)60-54-48-42-36-35-39-44-50-56-68(6)9-3/h67-71,76H,7-66H2,1-6H3,(H,81,82)(H,83,84)/t68?,69-,70+,71+/m0/s1. The van der Waals surface area contributed by atoms with E-state index in [0.717, 1.165) is 115 Å². The molecule has 0 rings (SSSR count). The van der Waals surface area contributed by atoms with Gasteiger partial charge in [0.15, 0.2) is 12.2 Å². The Morgan fingerprint density at radius 2 is 0.543 bits per heavy atom. The first-order chi connectivity index (χ1) is 45.4. The molecule has 3 N–H and O–H groups in total. The average molecular weight is 1380 g/mol. The lowest BCUT2D eigenvalue weighted by molar-refractivity contribution is -0.161. The zero-order chi connectivity index (χ0) is 69.3. The summed E-state index contributed by atoms with van der Waals surface area (Å²) in [5.74, 6) is -0.553. The first-order valence-electron chi connectivity index (χ1n) is 39.0. The van der Waals surface area contributed by atoms with Gasteiger partial charge in [-0.05, 0) is 37.5 Å². The summed E-state index contributed by atoms with van der Waals surface area (Å²) in [5, 5.41) is 10.6. The van der Waals surface area contributed by atoms with E-state index in [-0.39, 0.29) is 25.7 Å². The summed E-state index contributed by atoms with van der Waals surface area (Å²) in [4.78, 5) is 72.6. The van der Waals surface area contributed by atoms with Crippen molar-refractivity contribution >= 4 is 39.5 Å². The Morgan fingerprint density at radius 1 is 0.309 bits per heavy atom. The Hall–Kier alpha value is -1.94. The predicted octanol–water partition coefficient (Wildman–Crippen LogP) is 21.9. The van der Waals surface area contributed by atoms with Crippen LogP contribution in [0, 0.1) is 11.8 Å². The van der Waals surface area contributed by atoms with Crippen LogP contribution in [0.2, 0.25) is 0 Å². The third-order valence-electron chi connectivity index (χ3n) is 17.8. The first kappa shape index (κ1) is 92.1. The fourth-order valence-corrected chi connectivity index (χ4v) is 13.0. The Morgan fingerprint density at radius 3 is 0.809 bits per heavy atom. The van der Waals surface area contributed by atoms with Crippen molar-refractivity contribution in [1.82, 2.24) is 0 Å². The quantitative estimate of drug-likeness (QED) is 0.0222. The molecular weight excluding hydrogens is 1230 g/mol. The molecule has 0 saturated heterocycles. The van der Waals surface area contributed by atoms with Gasteiger partial charge in [-0.3, -0.25) is 37.3 Å². The zero-order valence-corrected chi connectivity index (χ0v) is 63.1. The largest absolute Gasteiger partial charge is 0.472 e. The number of hydrogen-bond donors (Lipinski definition) is 3. The Balaban J connectivity index is 5.20. The fourth-order valence-electron chi connectivity index (χ4n) is 11.4. The summed E-state index contributed by atoms with van der Waals surface area (Å²) >= 11 is 0. The lowest BCUT2D eigenvalue weighted by Crippen LogP contribution is -2.30. The molecule has 94 heavy (non-hydrogen) atoms. The van der Waals surface area contributed by atoms with E-state index >= 15 is 0 Å². The summed E-state index contributed by atoms with van der Waals surface area (Å²) in [6.45, 7) is 9.57. The van der Waals surface area contributed by atoms with Gasteiger partial charge in [0.2, 0.25) is 0 Å². The van der Waals surface area contributed by atoms with Gasteiger partial charge in [-0.2, -0.15) is 0 Å². The number of aliphatic hydroxyl groups excluding tert-OH is 1. The maximum absolute atomic E-state index is 13.1. The highest BCUT2D eigenvalue weighted by atomic mass is 31.2. The minimum atomic E-state index is -4.96. The van der Waals surface area contributed by atoms with Crippen LogP contribution in [0.15, 0.2) is 0 Å². The van der Waals surface area contributed by atoms with Gasteiger partial charge in [0.25, 0.3) is 0 Å². The highest BCUT2D eigenvalue weighted by molar-refractivity contribution is 7.47. The van der Waals surface area contributed by atoms with Crippen LogP contribution >= 0.6 is 15.6 Å². The van der Waals surface area contributed by atoms with Crippen LogP contribution in [0.4, 0.5) is 0 Å². The predicted molar refractivity (Wildman–Crippen MR) is 381 cm³/mol. The molecule has 0 saturated carbocycles. The van der Waals surface area contributed by atoms with Crippen molar-refractivity contribution < 1.29 is 80.2 Å². The van der Waals surface area contributed by atoms with Crippen molar-refractivity contribution in [3.63, 3.8) is 0 Å². The van der Waals surface area contributed by atoms with Crippen LogP contribution in [0.1, 0.15) is 388 Å². The van der Waals surface area contributed by atoms with Crippen molar-refractivity contribution in [1.29, 1.82) is 0 Å². The van der Waals surface area contributed by atoms with Crippen molar-refractivity contribution in [2.75, 3.05) is 39.6 Å². The molecule has 0 aliphatic carbocycles. The van der Waals surface area contributed by atoms with Gasteiger partial charge in [0.05, 0.1) is 26.4 Å². The number of unbranched alkanes of at least 4 members (excludes halogenated alkanes) is 43. The Kier molecular flexibility index (Phi) is 65.5. The van der Waals surface area contributed by atoms with Crippen molar-refractivity contribution in [2.45, 2.75) is 407 Å². The van der Waals surface area contributed by atoms with Crippen LogP contribution in [-0.4, -0.2) is 96.7 Å². The van der Waals surface area contributed by atoms with E-state index < -0.39 is 97.5 Å². The lowest BCUT2D eigenvalue weighted by Gasteiger charge is -2.21. The van der Waals surface area contributed by atoms with Gasteiger partial charge in [0.1, 0.15) is 19.3 Å². The number of esters is 4. The second-order valence-corrected chi connectivity index (χ2v) is 30.7. The maximum atomic E-state index is 13.1. The van der Waals surface area contributed by atoms with E-state index in [1.807, 2.05) is 0 Å². The fraction of sp³-hybridized carbons (Fsp3) is 0.947. The van der Waals surface area contributed by atoms with Crippen LogP contribution in [-0.2, 0) is 65.4 Å². The summed E-state index contributed by atoms with van der Waals surface area (Å²) in [5.41, 5.74) is 0. The molecule has 0 aromatic heterocycles. The van der Waals surface area contributed by atoms with Crippen LogP contribution in [0.3, 0.4) is 0 Å². The van der Waals surface area contributed by atoms with Gasteiger partial charge >= 0.3 is 39.5 Å². The van der Waals surface area contributed by atoms with Gasteiger partial charge in [-0.1, -0.05) is 337 Å². The minimum absolute atomic E-state index is 0.105. The zero-order valence-electron chi connectivity index (χ0n) is 61.3. The van der Waals surface area contributed by atoms with E-state index in [0.29, 0.717) is 25.7 Å². The number of hydrogen-bond acceptors (Lipinski definition) is 15. The van der Waals surface area contributed by atoms with E-state index in [4.69, 9.17) is 37.0 Å². The second-order valence-electron chi connectivity index (χ2n) is 27.8. The third kappa shape index (κ3) is 67.3. The van der Waals surface area contributed by atoms with Gasteiger partial charge < -0.3 is 33.8 Å². The Bertz CT molecular complexity index is 1820. The number of phosphoric ester groups is 2. The maximum Gasteiger partial charge on any atom is 0.472 e. The molecule has 0 amide bonds. The molecule has 0 bridgehead atoms. The summed E-state index contributed by atoms with van der Waals surface area (Å²) < 4.78 is 68.4. The van der Waals surface area contributed by atoms with Gasteiger partial charge in [-0.15, -0.1) is 0 Å². The van der Waals surface area contributed by atoms with Gasteiger partial charge in [-0.25, -0.2) is 9.13 Å². The smallest absolute Gasteiger partial charge is 0.462 e. The van der Waals surface area contributed by atoms with E-state index in [2.05, 4.69) is 41.5 Å². The summed E-state index contributed by atoms with van der Waals surface area (Å²) in [7, 11) is -9.90. The van der Waals surface area contributed by atoms with Crippen LogP contribution in [0.5, 0.6) is 0 Å². The van der Waals surface area contributed by atoms with Gasteiger partial charge in [0, 0.05) is 25.7 Å². The summed E-state index contributed by atoms with van der Waals surface area (Å²) in [6.07, 6.45) is 54.2. The summed E-state index contributed by atoms with van der Waals surface area (Å²) in [6, 6.07) is 0. The number of rotatable bonds is 74. The minimum Gasteiger partial charge on any atom is -0.462 e. The highest BCUT2D eigenvalue weighted by Gasteiger charge is 2.30. The molecule has 19 heteroatoms. The highest BCUT2D eigenvalue weighted by Crippen LogP contribution is 2.45. The van der Waals surface area contributed by atoms with Crippen LogP contribution < -0.4 is 0 Å². The topological polar surface area (TPSA) is 237 Å². The molecule has 0 aromatic carbocycles. The van der Waals surface area contributed by atoms with E-state index in [9.17, 15) is 43.2 Å². The van der Waals surface area contributed by atoms with E-state index in [1.165, 1.54) is 193 Å². The van der Waals surface area contributed by atoms with Crippen molar-refractivity contribution in [2.24, 2.45) is 11.8 Å². The third-order valence-corrected chi connectivity index (χ3v) is 19.7. The molecule has 0 radical (unpaired) electrons. The van der Waals surface area contributed by atoms with Crippen LogP contribution in [0.25, 0.3) is 0 Å². The first-order valence-corrected chi connectivity index (χ1v) is 42.0. The Labute approximate surface area is 575 Å². The van der Waals surface area contributed by atoms with E-state index in [1.54, 1.807) is 0 Å². The number of aliphatic hydroxyl groups is 1. The molecule has 558 valence electrons. The van der Waals surface area contributed by atoms with Crippen molar-refractivity contribution in [3.8, 4) is 0 Å². The molecule has 0 spiro atoms. The second kappa shape index (κ2) is 66.9. The molecular formula is C75H146O17P2. The normalized spacial score (nSPS) is 14.3. The molecule has 17 nitrogen and oxygen atoms in total. The average Bonchev–Trinajstić information content (AvgIpc) is 1.38. The monoisotopic (exact) mass is 1380 g/mol. The molecule has 3 unspecified atom stereocenters. The molecule has 0 aliphatic rings. The number of phosphoric acid groups is 2. The number of carbonyl (C=O) groups excluding carboxylic acids is 4. The molecule has 6 atom stereocenters. The lowest BCUT2D eigenvalue weighted by atomic mass is 9.99.